The second-order valence-corrected chi connectivity index (χ2v) is 4.14. The van der Waals surface area contributed by atoms with E-state index in [1.807, 2.05) is 6.92 Å². The van der Waals surface area contributed by atoms with Crippen LogP contribution in [0.25, 0.3) is 0 Å². The van der Waals surface area contributed by atoms with Crippen LogP contribution in [0.3, 0.4) is 0 Å². The van der Waals surface area contributed by atoms with Crippen molar-refractivity contribution in [1.82, 2.24) is 0 Å². The van der Waals surface area contributed by atoms with Crippen molar-refractivity contribution in [2.75, 3.05) is 6.61 Å². The lowest BCUT2D eigenvalue weighted by Crippen LogP contribution is -2.20. The Hall–Kier alpha value is -0.990. The van der Waals surface area contributed by atoms with Crippen molar-refractivity contribution in [2.24, 2.45) is 11.7 Å². The summed E-state index contributed by atoms with van der Waals surface area (Å²) in [5.74, 6) is 0.128. The maximum absolute atomic E-state index is 11.5. The van der Waals surface area contributed by atoms with Crippen molar-refractivity contribution in [1.29, 1.82) is 0 Å². The Labute approximate surface area is 91.7 Å². The molecule has 1 aliphatic rings. The van der Waals surface area contributed by atoms with Gasteiger partial charge in [0, 0.05) is 5.70 Å². The van der Waals surface area contributed by atoms with Gasteiger partial charge in [0.2, 0.25) is 0 Å². The summed E-state index contributed by atoms with van der Waals surface area (Å²) in [4.78, 5) is 11.5. The molecule has 1 rings (SSSR count). The molecule has 3 heteroatoms. The van der Waals surface area contributed by atoms with Crippen LogP contribution >= 0.6 is 0 Å². The summed E-state index contributed by atoms with van der Waals surface area (Å²) < 4.78 is 4.94. The van der Waals surface area contributed by atoms with E-state index in [1.165, 1.54) is 19.3 Å². The quantitative estimate of drug-likeness (QED) is 0.576. The minimum atomic E-state index is -0.263. The summed E-state index contributed by atoms with van der Waals surface area (Å²) in [5, 5.41) is 0. The predicted octanol–water partition coefficient (Wildman–Crippen LogP) is 2.36. The minimum absolute atomic E-state index is 0.263. The Morgan fingerprint density at radius 2 is 1.93 bits per heavy atom. The van der Waals surface area contributed by atoms with E-state index in [0.717, 1.165) is 18.5 Å². The SMILES string of the molecule is CCOC(=O)C(C)=C(N)C1CCCCC1. The van der Waals surface area contributed by atoms with Gasteiger partial charge < -0.3 is 10.5 Å². The van der Waals surface area contributed by atoms with Crippen LogP contribution < -0.4 is 5.73 Å². The van der Waals surface area contributed by atoms with Gasteiger partial charge in [0.25, 0.3) is 0 Å². The van der Waals surface area contributed by atoms with E-state index in [1.54, 1.807) is 6.92 Å². The zero-order valence-corrected chi connectivity index (χ0v) is 9.71. The second kappa shape index (κ2) is 5.79. The number of nitrogens with two attached hydrogens (primary N) is 1. The van der Waals surface area contributed by atoms with Gasteiger partial charge in [-0.25, -0.2) is 4.79 Å². The van der Waals surface area contributed by atoms with Crippen molar-refractivity contribution in [3.05, 3.63) is 11.3 Å². The molecule has 0 bridgehead atoms. The van der Waals surface area contributed by atoms with Gasteiger partial charge in [-0.1, -0.05) is 19.3 Å². The van der Waals surface area contributed by atoms with Crippen LogP contribution in [0.2, 0.25) is 0 Å². The molecule has 0 spiro atoms. The summed E-state index contributed by atoms with van der Waals surface area (Å²) in [6.45, 7) is 3.98. The fourth-order valence-corrected chi connectivity index (χ4v) is 2.08. The standard InChI is InChI=1S/C12H21NO2/c1-3-15-12(14)9(2)11(13)10-7-5-4-6-8-10/h10H,3-8,13H2,1-2H3. The normalized spacial score (nSPS) is 19.6. The van der Waals surface area contributed by atoms with E-state index in [9.17, 15) is 4.79 Å². The molecular weight excluding hydrogens is 190 g/mol. The van der Waals surface area contributed by atoms with Gasteiger partial charge in [-0.15, -0.1) is 0 Å². The molecule has 0 radical (unpaired) electrons. The lowest BCUT2D eigenvalue weighted by atomic mass is 9.85. The van der Waals surface area contributed by atoms with Crippen molar-refractivity contribution >= 4 is 5.97 Å². The maximum atomic E-state index is 11.5. The Kier molecular flexibility index (Phi) is 4.66. The van der Waals surface area contributed by atoms with Gasteiger partial charge >= 0.3 is 5.97 Å². The van der Waals surface area contributed by atoms with E-state index in [2.05, 4.69) is 0 Å². The largest absolute Gasteiger partial charge is 0.463 e. The van der Waals surface area contributed by atoms with Crippen LogP contribution in [0.4, 0.5) is 0 Å². The van der Waals surface area contributed by atoms with Crippen molar-refractivity contribution in [3.8, 4) is 0 Å². The third-order valence-corrected chi connectivity index (χ3v) is 3.06. The molecule has 2 N–H and O–H groups in total. The third-order valence-electron chi connectivity index (χ3n) is 3.06. The number of hydrogen-bond acceptors (Lipinski definition) is 3. The van der Waals surface area contributed by atoms with E-state index >= 15 is 0 Å². The summed E-state index contributed by atoms with van der Waals surface area (Å²) in [6, 6.07) is 0. The minimum Gasteiger partial charge on any atom is -0.463 e. The molecule has 0 amide bonds. The smallest absolute Gasteiger partial charge is 0.335 e. The van der Waals surface area contributed by atoms with Crippen LogP contribution in [0.5, 0.6) is 0 Å². The Bertz CT molecular complexity index is 252. The fraction of sp³-hybridized carbons (Fsp3) is 0.750. The lowest BCUT2D eigenvalue weighted by molar-refractivity contribution is -0.138. The monoisotopic (exact) mass is 211 g/mol. The third kappa shape index (κ3) is 3.26. The maximum Gasteiger partial charge on any atom is 0.335 e. The summed E-state index contributed by atoms with van der Waals surface area (Å²) in [7, 11) is 0. The molecule has 0 unspecified atom stereocenters. The Morgan fingerprint density at radius 1 is 1.33 bits per heavy atom. The molecule has 0 aliphatic heterocycles. The molecule has 86 valence electrons. The van der Waals surface area contributed by atoms with Crippen molar-refractivity contribution in [3.63, 3.8) is 0 Å². The molecular formula is C12H21NO2. The van der Waals surface area contributed by atoms with Crippen LogP contribution in [-0.4, -0.2) is 12.6 Å². The van der Waals surface area contributed by atoms with Crippen LogP contribution in [-0.2, 0) is 9.53 Å². The topological polar surface area (TPSA) is 52.3 Å². The summed E-state index contributed by atoms with van der Waals surface area (Å²) >= 11 is 0. The molecule has 0 aromatic carbocycles. The zero-order chi connectivity index (χ0) is 11.3. The van der Waals surface area contributed by atoms with Gasteiger partial charge in [0.15, 0.2) is 0 Å². The Balaban J connectivity index is 2.65. The number of ether oxygens (including phenoxy) is 1. The van der Waals surface area contributed by atoms with Gasteiger partial charge in [-0.3, -0.25) is 0 Å². The zero-order valence-electron chi connectivity index (χ0n) is 9.71. The number of allylic oxidation sites excluding steroid dienone is 1. The van der Waals surface area contributed by atoms with Crippen molar-refractivity contribution in [2.45, 2.75) is 46.0 Å². The predicted molar refractivity (Wildman–Crippen MR) is 60.1 cm³/mol. The highest BCUT2D eigenvalue weighted by Gasteiger charge is 2.20. The fourth-order valence-electron chi connectivity index (χ4n) is 2.08. The molecule has 1 saturated carbocycles. The van der Waals surface area contributed by atoms with Gasteiger partial charge in [0.05, 0.1) is 12.2 Å². The first kappa shape index (κ1) is 12.1. The average molecular weight is 211 g/mol. The summed E-state index contributed by atoms with van der Waals surface area (Å²) in [6.07, 6.45) is 5.97. The molecule has 3 nitrogen and oxygen atoms in total. The molecule has 1 fully saturated rings. The molecule has 0 aromatic heterocycles. The van der Waals surface area contributed by atoms with Gasteiger partial charge in [-0.05, 0) is 32.6 Å². The van der Waals surface area contributed by atoms with Crippen molar-refractivity contribution < 1.29 is 9.53 Å². The summed E-state index contributed by atoms with van der Waals surface area (Å²) in [5.41, 5.74) is 7.35. The molecule has 0 aromatic rings. The van der Waals surface area contributed by atoms with Crippen LogP contribution in [0, 0.1) is 5.92 Å². The highest BCUT2D eigenvalue weighted by atomic mass is 16.5. The molecule has 0 heterocycles. The Morgan fingerprint density at radius 3 is 2.47 bits per heavy atom. The average Bonchev–Trinajstić information content (AvgIpc) is 2.28. The van der Waals surface area contributed by atoms with Gasteiger partial charge in [0.1, 0.15) is 0 Å². The first-order chi connectivity index (χ1) is 7.16. The first-order valence-corrected chi connectivity index (χ1v) is 5.80. The van der Waals surface area contributed by atoms with E-state index in [4.69, 9.17) is 10.5 Å². The van der Waals surface area contributed by atoms with E-state index in [0.29, 0.717) is 18.1 Å². The highest BCUT2D eigenvalue weighted by Crippen LogP contribution is 2.28. The van der Waals surface area contributed by atoms with E-state index in [-0.39, 0.29) is 5.97 Å². The van der Waals surface area contributed by atoms with Crippen LogP contribution in [0.1, 0.15) is 46.0 Å². The van der Waals surface area contributed by atoms with Crippen LogP contribution in [0.15, 0.2) is 11.3 Å². The second-order valence-electron chi connectivity index (χ2n) is 4.14. The molecule has 0 atom stereocenters. The molecule has 1 aliphatic carbocycles. The molecule has 0 saturated heterocycles. The number of rotatable bonds is 3. The number of esters is 1. The first-order valence-electron chi connectivity index (χ1n) is 5.80. The highest BCUT2D eigenvalue weighted by molar-refractivity contribution is 5.88. The number of carbonyl (C=O) groups excluding carboxylic acids is 1. The van der Waals surface area contributed by atoms with Gasteiger partial charge in [-0.2, -0.15) is 0 Å². The number of carbonyl (C=O) groups is 1. The number of hydrogen-bond donors (Lipinski definition) is 1. The lowest BCUT2D eigenvalue weighted by Gasteiger charge is -2.23. The van der Waals surface area contributed by atoms with E-state index < -0.39 is 0 Å². The molecule has 15 heavy (non-hydrogen) atoms.